The first kappa shape index (κ1) is 20.0. The molecule has 0 radical (unpaired) electrons. The van der Waals surface area contributed by atoms with Gasteiger partial charge in [-0.2, -0.15) is 0 Å². The molecular weight excluding hydrogens is 382 g/mol. The first-order chi connectivity index (χ1) is 13.0. The van der Waals surface area contributed by atoms with Gasteiger partial charge < -0.3 is 14.6 Å². The molecule has 0 amide bonds. The Bertz CT molecular complexity index is 992. The Morgan fingerprint density at radius 3 is 2.36 bits per heavy atom. The molecule has 0 fully saturated rings. The lowest BCUT2D eigenvalue weighted by atomic mass is 9.86. The van der Waals surface area contributed by atoms with E-state index in [1.807, 2.05) is 26.8 Å². The Labute approximate surface area is 164 Å². The second kappa shape index (κ2) is 7.01. The molecule has 1 aliphatic rings. The maximum Gasteiger partial charge on any atom is 0.346 e. The molecule has 150 valence electrons. The Balaban J connectivity index is 2.13. The van der Waals surface area contributed by atoms with E-state index in [9.17, 15) is 18.3 Å². The lowest BCUT2D eigenvalue weighted by molar-refractivity contribution is -0.144. The quantitative estimate of drug-likeness (QED) is 0.840. The molecule has 2 aromatic carbocycles. The number of ether oxygens (including phenoxy) is 2. The summed E-state index contributed by atoms with van der Waals surface area (Å²) < 4.78 is 38.4. The molecule has 8 heteroatoms. The zero-order valence-electron chi connectivity index (χ0n) is 16.2. The number of fused-ring (bicyclic) bond motifs is 1. The topological polar surface area (TPSA) is 93.1 Å². The summed E-state index contributed by atoms with van der Waals surface area (Å²) in [4.78, 5) is 11.6. The standard InChI is InChI=1S/C20H23NO6S/c1-20(2,3)13-5-10-17-16(11-13)21(12-18(27-17)19(22)23)28(24,25)15-8-6-14(26-4)7-9-15/h5-11,18H,12H2,1-4H3,(H,22,23). The monoisotopic (exact) mass is 405 g/mol. The van der Waals surface area contributed by atoms with Gasteiger partial charge in [0.1, 0.15) is 11.5 Å². The highest BCUT2D eigenvalue weighted by molar-refractivity contribution is 7.92. The van der Waals surface area contributed by atoms with E-state index in [4.69, 9.17) is 9.47 Å². The summed E-state index contributed by atoms with van der Waals surface area (Å²) in [6.45, 7) is 5.73. The molecule has 28 heavy (non-hydrogen) atoms. The van der Waals surface area contributed by atoms with Gasteiger partial charge in [0.25, 0.3) is 10.0 Å². The van der Waals surface area contributed by atoms with Crippen LogP contribution >= 0.6 is 0 Å². The van der Waals surface area contributed by atoms with Crippen LogP contribution in [0.3, 0.4) is 0 Å². The van der Waals surface area contributed by atoms with Crippen molar-refractivity contribution in [3.8, 4) is 11.5 Å². The zero-order chi connectivity index (χ0) is 20.7. The first-order valence-corrected chi connectivity index (χ1v) is 10.2. The number of carboxylic acids is 1. The molecule has 1 heterocycles. The predicted octanol–water partition coefficient (Wildman–Crippen LogP) is 3.03. The van der Waals surface area contributed by atoms with Crippen molar-refractivity contribution in [3.05, 3.63) is 48.0 Å². The largest absolute Gasteiger partial charge is 0.497 e. The van der Waals surface area contributed by atoms with Crippen LogP contribution in [0.1, 0.15) is 26.3 Å². The van der Waals surface area contributed by atoms with Gasteiger partial charge in [-0.25, -0.2) is 13.2 Å². The molecular formula is C20H23NO6S. The second-order valence-electron chi connectivity index (χ2n) is 7.59. The summed E-state index contributed by atoms with van der Waals surface area (Å²) in [5.74, 6) is -0.469. The van der Waals surface area contributed by atoms with Crippen molar-refractivity contribution in [1.29, 1.82) is 0 Å². The highest BCUT2D eigenvalue weighted by Gasteiger charge is 2.38. The number of carboxylic acid groups (broad SMARTS) is 1. The molecule has 0 aromatic heterocycles. The fourth-order valence-electron chi connectivity index (χ4n) is 2.95. The molecule has 7 nitrogen and oxygen atoms in total. The maximum atomic E-state index is 13.3. The van der Waals surface area contributed by atoms with E-state index in [0.717, 1.165) is 9.87 Å². The third-order valence-electron chi connectivity index (χ3n) is 4.62. The lowest BCUT2D eigenvalue weighted by Crippen LogP contribution is -2.47. The molecule has 0 bridgehead atoms. The maximum absolute atomic E-state index is 13.3. The summed E-state index contributed by atoms with van der Waals surface area (Å²) in [6, 6.07) is 11.2. The highest BCUT2D eigenvalue weighted by Crippen LogP contribution is 2.40. The number of hydrogen-bond donors (Lipinski definition) is 1. The van der Waals surface area contributed by atoms with Gasteiger partial charge in [-0.05, 0) is 47.4 Å². The van der Waals surface area contributed by atoms with E-state index in [0.29, 0.717) is 11.4 Å². The van der Waals surface area contributed by atoms with Crippen LogP contribution in [0.15, 0.2) is 47.4 Å². The molecule has 0 aliphatic carbocycles. The number of aliphatic carboxylic acids is 1. The van der Waals surface area contributed by atoms with E-state index in [1.165, 1.54) is 19.2 Å². The van der Waals surface area contributed by atoms with Crippen LogP contribution in [0.4, 0.5) is 5.69 Å². The van der Waals surface area contributed by atoms with Crippen molar-refractivity contribution < 1.29 is 27.8 Å². The van der Waals surface area contributed by atoms with Crippen LogP contribution in [0, 0.1) is 0 Å². The van der Waals surface area contributed by atoms with Gasteiger partial charge in [0.2, 0.25) is 6.10 Å². The number of rotatable bonds is 4. The van der Waals surface area contributed by atoms with Crippen molar-refractivity contribution in [2.45, 2.75) is 37.2 Å². The van der Waals surface area contributed by atoms with Gasteiger partial charge in [0, 0.05) is 0 Å². The number of sulfonamides is 1. The van der Waals surface area contributed by atoms with Crippen LogP contribution in [0.2, 0.25) is 0 Å². The lowest BCUT2D eigenvalue weighted by Gasteiger charge is -2.35. The summed E-state index contributed by atoms with van der Waals surface area (Å²) in [5, 5.41) is 9.41. The highest BCUT2D eigenvalue weighted by atomic mass is 32.2. The molecule has 3 rings (SSSR count). The van der Waals surface area contributed by atoms with Gasteiger partial charge in [-0.1, -0.05) is 26.8 Å². The molecule has 0 saturated carbocycles. The van der Waals surface area contributed by atoms with Crippen LogP contribution in [-0.4, -0.2) is 39.3 Å². The van der Waals surface area contributed by atoms with E-state index in [-0.39, 0.29) is 22.6 Å². The van der Waals surface area contributed by atoms with Crippen molar-refractivity contribution in [2.75, 3.05) is 18.0 Å². The number of carbonyl (C=O) groups is 1. The minimum Gasteiger partial charge on any atom is -0.497 e. The van der Waals surface area contributed by atoms with Crippen molar-refractivity contribution >= 4 is 21.7 Å². The summed E-state index contributed by atoms with van der Waals surface area (Å²) in [5.41, 5.74) is 1.04. The average Bonchev–Trinajstić information content (AvgIpc) is 2.65. The van der Waals surface area contributed by atoms with Crippen LogP contribution in [0.25, 0.3) is 0 Å². The Morgan fingerprint density at radius 2 is 1.82 bits per heavy atom. The smallest absolute Gasteiger partial charge is 0.346 e. The minimum atomic E-state index is -3.99. The van der Waals surface area contributed by atoms with Crippen LogP contribution in [-0.2, 0) is 20.2 Å². The van der Waals surface area contributed by atoms with Gasteiger partial charge in [0.15, 0.2) is 0 Å². The Kier molecular flexibility index (Phi) is 5.01. The van der Waals surface area contributed by atoms with Crippen LogP contribution in [0.5, 0.6) is 11.5 Å². The SMILES string of the molecule is COc1ccc(S(=O)(=O)N2CC(C(=O)O)Oc3ccc(C(C)(C)C)cc32)cc1. The third kappa shape index (κ3) is 3.64. The average molecular weight is 405 g/mol. The van der Waals surface area contributed by atoms with Crippen molar-refractivity contribution in [3.63, 3.8) is 0 Å². The van der Waals surface area contributed by atoms with E-state index in [1.54, 1.807) is 24.3 Å². The molecule has 1 N–H and O–H groups in total. The van der Waals surface area contributed by atoms with E-state index < -0.39 is 22.1 Å². The summed E-state index contributed by atoms with van der Waals surface area (Å²) in [7, 11) is -2.50. The molecule has 1 aliphatic heterocycles. The Morgan fingerprint density at radius 1 is 1.18 bits per heavy atom. The third-order valence-corrected chi connectivity index (χ3v) is 6.41. The molecule has 1 atom stereocenters. The fourth-order valence-corrected chi connectivity index (χ4v) is 4.42. The fraction of sp³-hybridized carbons (Fsp3) is 0.350. The minimum absolute atomic E-state index is 0.0476. The molecule has 2 aromatic rings. The number of benzene rings is 2. The molecule has 0 spiro atoms. The van der Waals surface area contributed by atoms with Gasteiger partial charge >= 0.3 is 5.97 Å². The summed E-state index contributed by atoms with van der Waals surface area (Å²) in [6.07, 6.45) is -1.29. The van der Waals surface area contributed by atoms with E-state index in [2.05, 4.69) is 0 Å². The van der Waals surface area contributed by atoms with Crippen LogP contribution < -0.4 is 13.8 Å². The van der Waals surface area contributed by atoms with Crippen molar-refractivity contribution in [1.82, 2.24) is 0 Å². The normalized spacial score (nSPS) is 16.9. The van der Waals surface area contributed by atoms with E-state index >= 15 is 0 Å². The number of anilines is 1. The van der Waals surface area contributed by atoms with Gasteiger partial charge in [-0.3, -0.25) is 4.31 Å². The molecule has 1 unspecified atom stereocenters. The first-order valence-electron chi connectivity index (χ1n) is 8.75. The number of hydrogen-bond acceptors (Lipinski definition) is 5. The second-order valence-corrected chi connectivity index (χ2v) is 9.45. The summed E-state index contributed by atoms with van der Waals surface area (Å²) >= 11 is 0. The zero-order valence-corrected chi connectivity index (χ0v) is 17.0. The van der Waals surface area contributed by atoms with Crippen molar-refractivity contribution in [2.24, 2.45) is 0 Å². The molecule has 0 saturated heterocycles. The number of methoxy groups -OCH3 is 1. The predicted molar refractivity (Wildman–Crippen MR) is 105 cm³/mol. The van der Waals surface area contributed by atoms with Gasteiger partial charge in [-0.15, -0.1) is 0 Å². The van der Waals surface area contributed by atoms with Gasteiger partial charge in [0.05, 0.1) is 24.2 Å². The number of nitrogens with zero attached hydrogens (tertiary/aromatic N) is 1. The Hall–Kier alpha value is -2.74.